The van der Waals surface area contributed by atoms with E-state index in [0.29, 0.717) is 29.5 Å². The minimum absolute atomic E-state index is 0.103. The molecule has 1 N–H and O–H groups in total. The van der Waals surface area contributed by atoms with E-state index in [2.05, 4.69) is 25.7 Å². The van der Waals surface area contributed by atoms with Crippen LogP contribution in [-0.4, -0.2) is 29.9 Å². The van der Waals surface area contributed by atoms with Gasteiger partial charge in [0, 0.05) is 12.2 Å². The molecule has 2 aromatic carbocycles. The number of benzene rings is 2. The lowest BCUT2D eigenvalue weighted by Crippen LogP contribution is -2.32. The Bertz CT molecular complexity index is 947. The average Bonchev–Trinajstić information content (AvgIpc) is 2.93. The SMILES string of the molecule is C=CCN1C(=O)C(Nc2ccc(F)cc2)=C(c2ccc(OCC(C)C)cc2)C1=O. The first kappa shape index (κ1) is 20.3. The summed E-state index contributed by atoms with van der Waals surface area (Å²) >= 11 is 0. The van der Waals surface area contributed by atoms with Crippen LogP contribution in [0.4, 0.5) is 10.1 Å². The maximum Gasteiger partial charge on any atom is 0.278 e. The van der Waals surface area contributed by atoms with Crippen molar-refractivity contribution in [2.75, 3.05) is 18.5 Å². The standard InChI is InChI=1S/C23H23FN2O3/c1-4-13-26-22(27)20(16-5-11-19(12-6-16)29-14-15(2)3)21(23(26)28)25-18-9-7-17(24)8-10-18/h4-12,15,25H,1,13-14H2,2-3H3. The summed E-state index contributed by atoms with van der Waals surface area (Å²) in [5.41, 5.74) is 1.52. The summed E-state index contributed by atoms with van der Waals surface area (Å²) in [7, 11) is 0. The number of hydrogen-bond donors (Lipinski definition) is 1. The predicted molar refractivity (Wildman–Crippen MR) is 111 cm³/mol. The predicted octanol–water partition coefficient (Wildman–Crippen LogP) is 4.24. The summed E-state index contributed by atoms with van der Waals surface area (Å²) in [4.78, 5) is 26.9. The van der Waals surface area contributed by atoms with Gasteiger partial charge < -0.3 is 10.1 Å². The number of nitrogens with zero attached hydrogens (tertiary/aromatic N) is 1. The minimum Gasteiger partial charge on any atom is -0.493 e. The topological polar surface area (TPSA) is 58.6 Å². The molecule has 1 aliphatic rings. The lowest BCUT2D eigenvalue weighted by Gasteiger charge is -2.12. The number of ether oxygens (including phenoxy) is 1. The van der Waals surface area contributed by atoms with Gasteiger partial charge in [0.15, 0.2) is 0 Å². The molecule has 29 heavy (non-hydrogen) atoms. The number of rotatable bonds is 8. The summed E-state index contributed by atoms with van der Waals surface area (Å²) in [6.45, 7) is 8.42. The molecule has 1 aliphatic heterocycles. The van der Waals surface area contributed by atoms with Crippen LogP contribution < -0.4 is 10.1 Å². The summed E-state index contributed by atoms with van der Waals surface area (Å²) < 4.78 is 18.9. The van der Waals surface area contributed by atoms with Gasteiger partial charge in [-0.05, 0) is 47.9 Å². The third-order valence-corrected chi connectivity index (χ3v) is 4.32. The van der Waals surface area contributed by atoms with Gasteiger partial charge in [0.2, 0.25) is 0 Å². The highest BCUT2D eigenvalue weighted by Gasteiger charge is 2.38. The highest BCUT2D eigenvalue weighted by Crippen LogP contribution is 2.31. The normalized spacial score (nSPS) is 14.0. The van der Waals surface area contributed by atoms with Crippen LogP contribution in [0.5, 0.6) is 5.75 Å². The van der Waals surface area contributed by atoms with Crippen molar-refractivity contribution >= 4 is 23.1 Å². The molecule has 0 atom stereocenters. The van der Waals surface area contributed by atoms with E-state index in [4.69, 9.17) is 4.74 Å². The fraction of sp³-hybridized carbons (Fsp3) is 0.217. The first-order valence-corrected chi connectivity index (χ1v) is 9.38. The fourth-order valence-electron chi connectivity index (χ4n) is 2.91. The van der Waals surface area contributed by atoms with Gasteiger partial charge in [-0.3, -0.25) is 14.5 Å². The molecule has 0 spiro atoms. The molecule has 0 aliphatic carbocycles. The number of hydrogen-bond acceptors (Lipinski definition) is 4. The average molecular weight is 394 g/mol. The third kappa shape index (κ3) is 4.54. The first-order chi connectivity index (χ1) is 13.9. The van der Waals surface area contributed by atoms with Gasteiger partial charge in [0.1, 0.15) is 17.3 Å². The second kappa shape index (κ2) is 8.73. The fourth-order valence-corrected chi connectivity index (χ4v) is 2.91. The molecule has 2 amide bonds. The maximum absolute atomic E-state index is 13.2. The molecule has 0 unspecified atom stereocenters. The van der Waals surface area contributed by atoms with E-state index < -0.39 is 11.8 Å². The Kier molecular flexibility index (Phi) is 6.12. The molecule has 5 nitrogen and oxygen atoms in total. The van der Waals surface area contributed by atoms with Crippen LogP contribution >= 0.6 is 0 Å². The van der Waals surface area contributed by atoms with Gasteiger partial charge in [-0.15, -0.1) is 6.58 Å². The monoisotopic (exact) mass is 394 g/mol. The molecule has 0 saturated heterocycles. The zero-order valence-corrected chi connectivity index (χ0v) is 16.4. The van der Waals surface area contributed by atoms with E-state index in [0.717, 1.165) is 4.90 Å². The number of anilines is 1. The van der Waals surface area contributed by atoms with Gasteiger partial charge in [-0.1, -0.05) is 32.1 Å². The second-order valence-corrected chi connectivity index (χ2v) is 7.12. The van der Waals surface area contributed by atoms with Crippen LogP contribution in [0.15, 0.2) is 66.9 Å². The molecule has 3 rings (SSSR count). The summed E-state index contributed by atoms with van der Waals surface area (Å²) in [5, 5.41) is 2.98. The molecular formula is C23H23FN2O3. The Balaban J connectivity index is 1.96. The van der Waals surface area contributed by atoms with Crippen molar-refractivity contribution in [3.05, 3.63) is 78.3 Å². The van der Waals surface area contributed by atoms with Gasteiger partial charge >= 0.3 is 0 Å². The minimum atomic E-state index is -0.450. The Morgan fingerprint density at radius 2 is 1.72 bits per heavy atom. The van der Waals surface area contributed by atoms with Crippen molar-refractivity contribution in [2.24, 2.45) is 5.92 Å². The molecule has 0 aromatic heterocycles. The van der Waals surface area contributed by atoms with Crippen molar-refractivity contribution < 1.29 is 18.7 Å². The zero-order chi connectivity index (χ0) is 21.0. The van der Waals surface area contributed by atoms with Crippen LogP contribution in [0.2, 0.25) is 0 Å². The number of carbonyl (C=O) groups excluding carboxylic acids is 2. The van der Waals surface area contributed by atoms with Crippen molar-refractivity contribution in [3.8, 4) is 5.75 Å². The van der Waals surface area contributed by atoms with Crippen molar-refractivity contribution in [3.63, 3.8) is 0 Å². The number of nitrogens with one attached hydrogen (secondary N) is 1. The van der Waals surface area contributed by atoms with Crippen molar-refractivity contribution in [1.82, 2.24) is 4.90 Å². The number of imide groups is 1. The van der Waals surface area contributed by atoms with Gasteiger partial charge in [-0.2, -0.15) is 0 Å². The van der Waals surface area contributed by atoms with Crippen LogP contribution in [0.3, 0.4) is 0 Å². The molecular weight excluding hydrogens is 371 g/mol. The Morgan fingerprint density at radius 3 is 2.31 bits per heavy atom. The molecule has 2 aromatic rings. The van der Waals surface area contributed by atoms with Crippen LogP contribution in [0.1, 0.15) is 19.4 Å². The Labute approximate surface area is 169 Å². The smallest absolute Gasteiger partial charge is 0.278 e. The molecule has 6 heteroatoms. The van der Waals surface area contributed by atoms with Crippen LogP contribution in [0, 0.1) is 11.7 Å². The summed E-state index contributed by atoms with van der Waals surface area (Å²) in [5.74, 6) is -0.158. The van der Waals surface area contributed by atoms with E-state index in [1.165, 1.54) is 30.3 Å². The summed E-state index contributed by atoms with van der Waals surface area (Å²) in [6.07, 6.45) is 1.50. The molecule has 0 bridgehead atoms. The van der Waals surface area contributed by atoms with E-state index in [1.54, 1.807) is 24.3 Å². The highest BCUT2D eigenvalue weighted by atomic mass is 19.1. The van der Waals surface area contributed by atoms with E-state index in [-0.39, 0.29) is 23.6 Å². The molecule has 150 valence electrons. The van der Waals surface area contributed by atoms with E-state index in [1.807, 2.05) is 0 Å². The highest BCUT2D eigenvalue weighted by molar-refractivity contribution is 6.36. The Hall–Kier alpha value is -3.41. The maximum atomic E-state index is 13.2. The quantitative estimate of drug-likeness (QED) is 0.538. The third-order valence-electron chi connectivity index (χ3n) is 4.32. The Morgan fingerprint density at radius 1 is 1.07 bits per heavy atom. The van der Waals surface area contributed by atoms with Crippen molar-refractivity contribution in [2.45, 2.75) is 13.8 Å². The lowest BCUT2D eigenvalue weighted by atomic mass is 10.0. The van der Waals surface area contributed by atoms with Gasteiger partial charge in [-0.25, -0.2) is 4.39 Å². The number of amides is 2. The number of halogens is 1. The molecule has 0 radical (unpaired) electrons. The molecule has 0 saturated carbocycles. The zero-order valence-electron chi connectivity index (χ0n) is 16.4. The lowest BCUT2D eigenvalue weighted by molar-refractivity contribution is -0.136. The van der Waals surface area contributed by atoms with Gasteiger partial charge in [0.05, 0.1) is 12.2 Å². The molecule has 1 heterocycles. The largest absolute Gasteiger partial charge is 0.493 e. The van der Waals surface area contributed by atoms with Crippen molar-refractivity contribution in [1.29, 1.82) is 0 Å². The second-order valence-electron chi connectivity index (χ2n) is 7.12. The van der Waals surface area contributed by atoms with E-state index >= 15 is 0 Å². The van der Waals surface area contributed by atoms with Crippen LogP contribution in [0.25, 0.3) is 5.57 Å². The summed E-state index contributed by atoms with van der Waals surface area (Å²) in [6, 6.07) is 12.6. The van der Waals surface area contributed by atoms with Gasteiger partial charge in [0.25, 0.3) is 11.8 Å². The van der Waals surface area contributed by atoms with E-state index in [9.17, 15) is 14.0 Å². The molecule has 0 fully saturated rings. The van der Waals surface area contributed by atoms with Crippen LogP contribution in [-0.2, 0) is 9.59 Å². The first-order valence-electron chi connectivity index (χ1n) is 9.38. The number of carbonyl (C=O) groups is 2.